The fourth-order valence-electron chi connectivity index (χ4n) is 3.08. The monoisotopic (exact) mass is 419 g/mol. The predicted molar refractivity (Wildman–Crippen MR) is 104 cm³/mol. The van der Waals surface area contributed by atoms with Crippen LogP contribution >= 0.6 is 0 Å². The van der Waals surface area contributed by atoms with Gasteiger partial charge in [0.25, 0.3) is 5.91 Å². The van der Waals surface area contributed by atoms with Crippen molar-refractivity contribution in [3.63, 3.8) is 0 Å². The number of hydrogen-bond donors (Lipinski definition) is 1. The van der Waals surface area contributed by atoms with Crippen LogP contribution in [0.15, 0.2) is 42.5 Å². The van der Waals surface area contributed by atoms with Gasteiger partial charge in [-0.05, 0) is 50.1 Å². The van der Waals surface area contributed by atoms with Crippen LogP contribution in [0.4, 0.5) is 8.78 Å². The third-order valence-electron chi connectivity index (χ3n) is 4.69. The number of benzene rings is 2. The van der Waals surface area contributed by atoms with E-state index in [1.165, 1.54) is 6.07 Å². The molecule has 6 nitrogen and oxygen atoms in total. The van der Waals surface area contributed by atoms with Gasteiger partial charge in [-0.2, -0.15) is 0 Å². The lowest BCUT2D eigenvalue weighted by Crippen LogP contribution is -2.31. The van der Waals surface area contributed by atoms with Crippen molar-refractivity contribution in [3.05, 3.63) is 65.2 Å². The molecule has 8 heteroatoms. The highest BCUT2D eigenvalue weighted by atomic mass is 19.1. The van der Waals surface area contributed by atoms with Gasteiger partial charge in [-0.3, -0.25) is 4.79 Å². The molecule has 160 valence electrons. The Morgan fingerprint density at radius 3 is 2.63 bits per heavy atom. The minimum absolute atomic E-state index is 0.0962. The normalized spacial score (nSPS) is 16.7. The molecule has 1 saturated heterocycles. The van der Waals surface area contributed by atoms with E-state index < -0.39 is 36.2 Å². The van der Waals surface area contributed by atoms with Crippen LogP contribution in [0.25, 0.3) is 0 Å². The van der Waals surface area contributed by atoms with Gasteiger partial charge in [0, 0.05) is 18.2 Å². The molecule has 2 aromatic carbocycles. The van der Waals surface area contributed by atoms with Crippen molar-refractivity contribution in [2.24, 2.45) is 0 Å². The first-order valence-corrected chi connectivity index (χ1v) is 9.68. The van der Waals surface area contributed by atoms with Crippen molar-refractivity contribution in [1.82, 2.24) is 5.32 Å². The van der Waals surface area contributed by atoms with E-state index >= 15 is 0 Å². The molecule has 0 aliphatic carbocycles. The van der Waals surface area contributed by atoms with Gasteiger partial charge < -0.3 is 19.5 Å². The molecule has 1 aliphatic heterocycles. The number of rotatable bonds is 8. The number of hydrogen-bond acceptors (Lipinski definition) is 5. The Morgan fingerprint density at radius 1 is 1.20 bits per heavy atom. The molecule has 2 aromatic rings. The molecule has 1 amide bonds. The summed E-state index contributed by atoms with van der Waals surface area (Å²) in [4.78, 5) is 24.1. The summed E-state index contributed by atoms with van der Waals surface area (Å²) in [6.07, 6.45) is 2.10. The molecule has 0 saturated carbocycles. The van der Waals surface area contributed by atoms with E-state index in [-0.39, 0.29) is 17.2 Å². The summed E-state index contributed by atoms with van der Waals surface area (Å²) < 4.78 is 42.9. The van der Waals surface area contributed by atoms with Crippen LogP contribution < -0.4 is 10.1 Å². The molecule has 30 heavy (non-hydrogen) atoms. The van der Waals surface area contributed by atoms with Crippen LogP contribution in [-0.4, -0.2) is 37.8 Å². The van der Waals surface area contributed by atoms with Gasteiger partial charge in [0.1, 0.15) is 24.0 Å². The fourth-order valence-corrected chi connectivity index (χ4v) is 3.08. The lowest BCUT2D eigenvalue weighted by molar-refractivity contribution is -0.124. The third-order valence-corrected chi connectivity index (χ3v) is 4.69. The van der Waals surface area contributed by atoms with Crippen molar-refractivity contribution in [2.75, 3.05) is 19.8 Å². The molecule has 1 heterocycles. The summed E-state index contributed by atoms with van der Waals surface area (Å²) in [5, 5.41) is 2.51. The van der Waals surface area contributed by atoms with E-state index in [0.29, 0.717) is 12.4 Å². The van der Waals surface area contributed by atoms with Crippen molar-refractivity contribution < 1.29 is 32.6 Å². The topological polar surface area (TPSA) is 73.9 Å². The zero-order valence-corrected chi connectivity index (χ0v) is 16.5. The Hall–Kier alpha value is -3.00. The van der Waals surface area contributed by atoms with E-state index in [1.54, 1.807) is 31.2 Å². The first-order valence-electron chi connectivity index (χ1n) is 9.68. The summed E-state index contributed by atoms with van der Waals surface area (Å²) >= 11 is 0. The second-order valence-electron chi connectivity index (χ2n) is 7.00. The van der Waals surface area contributed by atoms with Crippen LogP contribution in [0.5, 0.6) is 5.75 Å². The van der Waals surface area contributed by atoms with Crippen molar-refractivity contribution in [1.29, 1.82) is 0 Å². The van der Waals surface area contributed by atoms with Crippen LogP contribution in [0.1, 0.15) is 41.7 Å². The molecular weight excluding hydrogens is 396 g/mol. The second kappa shape index (κ2) is 10.2. The third kappa shape index (κ3) is 6.00. The summed E-state index contributed by atoms with van der Waals surface area (Å²) in [6, 6.07) is 8.77. The van der Waals surface area contributed by atoms with Gasteiger partial charge in [0.05, 0.1) is 17.7 Å². The quantitative estimate of drug-likeness (QED) is 0.663. The molecule has 0 unspecified atom stereocenters. The summed E-state index contributed by atoms with van der Waals surface area (Å²) in [5.41, 5.74) is 0.402. The van der Waals surface area contributed by atoms with E-state index in [0.717, 1.165) is 31.6 Å². The maximum atomic E-state index is 13.8. The molecule has 3 rings (SSSR count). The molecule has 1 N–H and O–H groups in total. The number of carbonyl (C=O) groups excluding carboxylic acids is 2. The molecule has 0 aromatic heterocycles. The molecule has 0 spiro atoms. The average Bonchev–Trinajstić information content (AvgIpc) is 3.24. The minimum Gasteiger partial charge on any atom is -0.491 e. The molecule has 2 atom stereocenters. The van der Waals surface area contributed by atoms with E-state index in [9.17, 15) is 18.4 Å². The number of esters is 1. The lowest BCUT2D eigenvalue weighted by atomic mass is 10.1. The average molecular weight is 419 g/mol. The smallest absolute Gasteiger partial charge is 0.338 e. The maximum absolute atomic E-state index is 13.8. The van der Waals surface area contributed by atoms with Crippen LogP contribution in [0.3, 0.4) is 0 Å². The Bertz CT molecular complexity index is 882. The largest absolute Gasteiger partial charge is 0.491 e. The molecule has 1 fully saturated rings. The van der Waals surface area contributed by atoms with Gasteiger partial charge in [-0.25, -0.2) is 13.6 Å². The lowest BCUT2D eigenvalue weighted by Gasteiger charge is -2.15. The van der Waals surface area contributed by atoms with E-state index in [4.69, 9.17) is 14.2 Å². The maximum Gasteiger partial charge on any atom is 0.338 e. The zero-order chi connectivity index (χ0) is 21.5. The Morgan fingerprint density at radius 2 is 1.97 bits per heavy atom. The number of halogens is 2. The van der Waals surface area contributed by atoms with Crippen LogP contribution in [-0.2, 0) is 14.3 Å². The SMILES string of the molecule is C[C@@H](NC(=O)COC(=O)c1ccc(OC[C@H]2CCCO2)cc1)c1ccc(F)cc1F. The van der Waals surface area contributed by atoms with Gasteiger partial charge >= 0.3 is 5.97 Å². The standard InChI is InChI=1S/C22H23F2NO5/c1-14(19-9-6-16(23)11-20(19)24)25-21(26)13-30-22(27)15-4-7-17(8-5-15)29-12-18-3-2-10-28-18/h4-9,11,14,18H,2-3,10,12-13H2,1H3,(H,25,26)/t14-,18-/m1/s1. The van der Waals surface area contributed by atoms with Crippen molar-refractivity contribution in [2.45, 2.75) is 31.9 Å². The number of carbonyl (C=O) groups is 2. The summed E-state index contributed by atoms with van der Waals surface area (Å²) in [6.45, 7) is 2.23. The van der Waals surface area contributed by atoms with Gasteiger partial charge in [0.2, 0.25) is 0 Å². The fraction of sp³-hybridized carbons (Fsp3) is 0.364. The van der Waals surface area contributed by atoms with Crippen molar-refractivity contribution >= 4 is 11.9 Å². The summed E-state index contributed by atoms with van der Waals surface area (Å²) in [5.74, 6) is -2.13. The van der Waals surface area contributed by atoms with Crippen LogP contribution in [0.2, 0.25) is 0 Å². The first-order chi connectivity index (χ1) is 14.4. The number of amides is 1. The predicted octanol–water partition coefficient (Wildman–Crippen LogP) is 3.56. The van der Waals surface area contributed by atoms with Crippen LogP contribution in [0, 0.1) is 11.6 Å². The molecular formula is C22H23F2NO5. The first kappa shape index (κ1) is 21.7. The number of ether oxygens (including phenoxy) is 3. The molecule has 0 bridgehead atoms. The Balaban J connectivity index is 1.44. The number of nitrogens with one attached hydrogen (secondary N) is 1. The van der Waals surface area contributed by atoms with Crippen molar-refractivity contribution in [3.8, 4) is 5.75 Å². The van der Waals surface area contributed by atoms with E-state index in [2.05, 4.69) is 5.32 Å². The Kier molecular flexibility index (Phi) is 7.35. The second-order valence-corrected chi connectivity index (χ2v) is 7.00. The van der Waals surface area contributed by atoms with Gasteiger partial charge in [-0.15, -0.1) is 0 Å². The zero-order valence-electron chi connectivity index (χ0n) is 16.5. The summed E-state index contributed by atoms with van der Waals surface area (Å²) in [7, 11) is 0. The van der Waals surface area contributed by atoms with E-state index in [1.807, 2.05) is 0 Å². The highest BCUT2D eigenvalue weighted by Crippen LogP contribution is 2.18. The molecule has 0 radical (unpaired) electrons. The molecule has 1 aliphatic rings. The van der Waals surface area contributed by atoms with Gasteiger partial charge in [-0.1, -0.05) is 6.07 Å². The highest BCUT2D eigenvalue weighted by molar-refractivity contribution is 5.91. The minimum atomic E-state index is -0.762. The highest BCUT2D eigenvalue weighted by Gasteiger charge is 2.17. The Labute approximate surface area is 173 Å². The van der Waals surface area contributed by atoms with Gasteiger partial charge in [0.15, 0.2) is 6.61 Å².